The van der Waals surface area contributed by atoms with Crippen LogP contribution in [0.4, 0.5) is 0 Å². The van der Waals surface area contributed by atoms with Crippen LogP contribution in [0.1, 0.15) is 27.7 Å². The summed E-state index contributed by atoms with van der Waals surface area (Å²) in [7, 11) is -3.60. The summed E-state index contributed by atoms with van der Waals surface area (Å²) >= 11 is 0. The van der Waals surface area contributed by atoms with Gasteiger partial charge >= 0.3 is 7.60 Å². The van der Waals surface area contributed by atoms with Gasteiger partial charge in [0.2, 0.25) is 0 Å². The fraction of sp³-hybridized carbons (Fsp3) is 0.900. The predicted molar refractivity (Wildman–Crippen MR) is 62.9 cm³/mol. The Labute approximate surface area is 102 Å². The Morgan fingerprint density at radius 2 is 1.47 bits per heavy atom. The number of aldehydes is 1. The molecule has 0 radical (unpaired) electrons. The molecule has 0 spiro atoms. The molecule has 7 heteroatoms. The number of hydrogen-bond donors (Lipinski definition) is 0. The monoisotopic (exact) mass is 268 g/mol. The molecule has 0 N–H and O–H groups in total. The summed E-state index contributed by atoms with van der Waals surface area (Å²) in [6.07, 6.45) is 0.547. The zero-order valence-electron chi connectivity index (χ0n) is 10.8. The normalized spacial score (nSPS) is 12.7. The lowest BCUT2D eigenvalue weighted by atomic mass is 10.2. The highest BCUT2D eigenvalue weighted by Crippen LogP contribution is 2.58. The summed E-state index contributed by atoms with van der Waals surface area (Å²) in [5, 5.41) is -1.23. The maximum Gasteiger partial charge on any atom is 0.347 e. The minimum absolute atomic E-state index is 0.183. The molecule has 0 unspecified atom stereocenters. The molecule has 0 amide bonds. The van der Waals surface area contributed by atoms with Crippen LogP contribution >= 0.6 is 7.60 Å². The second kappa shape index (κ2) is 7.95. The maximum atomic E-state index is 12.4. The lowest BCUT2D eigenvalue weighted by Gasteiger charge is -2.28. The molecular formula is C10H21O6P. The molecule has 0 aliphatic rings. The number of hydrogen-bond acceptors (Lipinski definition) is 6. The Morgan fingerprint density at radius 1 is 1.06 bits per heavy atom. The summed E-state index contributed by atoms with van der Waals surface area (Å²) in [6, 6.07) is 0. The van der Waals surface area contributed by atoms with E-state index in [2.05, 4.69) is 0 Å². The summed E-state index contributed by atoms with van der Waals surface area (Å²) in [5.41, 5.74) is 0. The molecule has 0 saturated heterocycles. The van der Waals surface area contributed by atoms with Crippen LogP contribution in [-0.2, 0) is 27.9 Å². The van der Waals surface area contributed by atoms with Gasteiger partial charge in [-0.1, -0.05) is 0 Å². The van der Waals surface area contributed by atoms with Crippen molar-refractivity contribution in [2.45, 2.75) is 32.9 Å². The molecule has 102 valence electrons. The highest BCUT2D eigenvalue weighted by molar-refractivity contribution is 7.56. The van der Waals surface area contributed by atoms with Gasteiger partial charge in [0.1, 0.15) is 11.4 Å². The molecule has 0 atom stereocenters. The quantitative estimate of drug-likeness (QED) is 0.262. The predicted octanol–water partition coefficient (Wildman–Crippen LogP) is 2.18. The van der Waals surface area contributed by atoms with Crippen LogP contribution in [0.2, 0.25) is 0 Å². The lowest BCUT2D eigenvalue weighted by molar-refractivity contribution is -0.110. The van der Waals surface area contributed by atoms with E-state index in [0.29, 0.717) is 19.5 Å². The Bertz CT molecular complexity index is 252. The van der Waals surface area contributed by atoms with Crippen LogP contribution in [0.25, 0.3) is 0 Å². The SMILES string of the molecule is CCOCOP(=O)(OCOCC)C(C)(C)C=O. The van der Waals surface area contributed by atoms with Gasteiger partial charge in [0.15, 0.2) is 13.6 Å². The minimum atomic E-state index is -3.60. The highest BCUT2D eigenvalue weighted by Gasteiger charge is 2.44. The third-order valence-corrected chi connectivity index (χ3v) is 4.42. The first-order chi connectivity index (χ1) is 7.93. The summed E-state index contributed by atoms with van der Waals surface area (Å²) < 4.78 is 32.4. The van der Waals surface area contributed by atoms with Crippen LogP contribution in [0.5, 0.6) is 0 Å². The molecule has 0 aromatic heterocycles. The van der Waals surface area contributed by atoms with E-state index in [9.17, 15) is 9.36 Å². The van der Waals surface area contributed by atoms with E-state index in [1.807, 2.05) is 0 Å². The van der Waals surface area contributed by atoms with Crippen molar-refractivity contribution in [1.82, 2.24) is 0 Å². The topological polar surface area (TPSA) is 71.1 Å². The van der Waals surface area contributed by atoms with Crippen molar-refractivity contribution in [3.05, 3.63) is 0 Å². The van der Waals surface area contributed by atoms with Gasteiger partial charge in [-0.15, -0.1) is 0 Å². The minimum Gasteiger partial charge on any atom is -0.355 e. The van der Waals surface area contributed by atoms with Crippen molar-refractivity contribution in [2.75, 3.05) is 26.8 Å². The summed E-state index contributed by atoms with van der Waals surface area (Å²) in [5.74, 6) is 0. The fourth-order valence-electron chi connectivity index (χ4n) is 0.815. The smallest absolute Gasteiger partial charge is 0.347 e. The second-order valence-corrected chi connectivity index (χ2v) is 6.41. The Morgan fingerprint density at radius 3 is 1.76 bits per heavy atom. The molecule has 0 aliphatic heterocycles. The third kappa shape index (κ3) is 5.27. The Hall–Kier alpha value is -0.260. The van der Waals surface area contributed by atoms with Crippen LogP contribution in [-0.4, -0.2) is 38.2 Å². The van der Waals surface area contributed by atoms with E-state index in [1.54, 1.807) is 13.8 Å². The van der Waals surface area contributed by atoms with E-state index in [4.69, 9.17) is 18.5 Å². The zero-order valence-corrected chi connectivity index (χ0v) is 11.7. The van der Waals surface area contributed by atoms with Crippen molar-refractivity contribution in [3.63, 3.8) is 0 Å². The molecule has 17 heavy (non-hydrogen) atoms. The van der Waals surface area contributed by atoms with E-state index in [-0.39, 0.29) is 13.6 Å². The molecule has 0 aromatic rings. The average Bonchev–Trinajstić information content (AvgIpc) is 2.29. The molecule has 0 rings (SSSR count). The van der Waals surface area contributed by atoms with Crippen molar-refractivity contribution < 1.29 is 27.9 Å². The summed E-state index contributed by atoms with van der Waals surface area (Å²) in [4.78, 5) is 10.9. The van der Waals surface area contributed by atoms with Crippen molar-refractivity contribution >= 4 is 13.9 Å². The van der Waals surface area contributed by atoms with Crippen molar-refractivity contribution in [3.8, 4) is 0 Å². The van der Waals surface area contributed by atoms with Gasteiger partial charge in [-0.2, -0.15) is 0 Å². The van der Waals surface area contributed by atoms with Crippen LogP contribution in [0.15, 0.2) is 0 Å². The van der Waals surface area contributed by atoms with Gasteiger partial charge in [-0.3, -0.25) is 13.6 Å². The van der Waals surface area contributed by atoms with Crippen molar-refractivity contribution in [2.24, 2.45) is 0 Å². The van der Waals surface area contributed by atoms with Crippen LogP contribution in [0.3, 0.4) is 0 Å². The largest absolute Gasteiger partial charge is 0.355 e. The maximum absolute atomic E-state index is 12.4. The molecule has 0 fully saturated rings. The first-order valence-electron chi connectivity index (χ1n) is 5.44. The van der Waals surface area contributed by atoms with Crippen molar-refractivity contribution in [1.29, 1.82) is 0 Å². The molecule has 0 aliphatic carbocycles. The second-order valence-electron chi connectivity index (χ2n) is 3.75. The van der Waals surface area contributed by atoms with Gasteiger partial charge in [0.05, 0.1) is 0 Å². The van der Waals surface area contributed by atoms with Gasteiger partial charge in [0, 0.05) is 13.2 Å². The molecule has 0 saturated carbocycles. The number of rotatable bonds is 10. The van der Waals surface area contributed by atoms with E-state index in [0.717, 1.165) is 0 Å². The Balaban J connectivity index is 4.57. The van der Waals surface area contributed by atoms with E-state index < -0.39 is 12.8 Å². The fourth-order valence-corrected chi connectivity index (χ4v) is 2.11. The first kappa shape index (κ1) is 16.7. The van der Waals surface area contributed by atoms with E-state index in [1.165, 1.54) is 13.8 Å². The number of carbonyl (C=O) groups is 1. The standard InChI is InChI=1S/C10H21O6P/c1-5-13-8-15-17(12,10(3,4)7-11)16-9-14-6-2/h7H,5-6,8-9H2,1-4H3. The lowest BCUT2D eigenvalue weighted by Crippen LogP contribution is -2.26. The molecule has 0 heterocycles. The number of ether oxygens (including phenoxy) is 2. The van der Waals surface area contributed by atoms with Gasteiger partial charge < -0.3 is 14.3 Å². The molecular weight excluding hydrogens is 247 g/mol. The molecule has 0 aromatic carbocycles. The zero-order chi connectivity index (χ0) is 13.4. The van der Waals surface area contributed by atoms with Gasteiger partial charge in [-0.05, 0) is 27.7 Å². The number of carbonyl (C=O) groups excluding carboxylic acids is 1. The highest BCUT2D eigenvalue weighted by atomic mass is 31.2. The first-order valence-corrected chi connectivity index (χ1v) is 6.98. The third-order valence-electron chi connectivity index (χ3n) is 2.01. The van der Waals surface area contributed by atoms with Gasteiger partial charge in [0.25, 0.3) is 0 Å². The molecule has 0 bridgehead atoms. The van der Waals surface area contributed by atoms with E-state index >= 15 is 0 Å². The summed E-state index contributed by atoms with van der Waals surface area (Å²) in [6.45, 7) is 7.01. The molecule has 6 nitrogen and oxygen atoms in total. The Kier molecular flexibility index (Phi) is 7.83. The van der Waals surface area contributed by atoms with Crippen LogP contribution in [0, 0.1) is 0 Å². The van der Waals surface area contributed by atoms with Gasteiger partial charge in [-0.25, -0.2) is 0 Å². The van der Waals surface area contributed by atoms with Crippen LogP contribution < -0.4 is 0 Å². The average molecular weight is 268 g/mol.